The molecule has 1 N–H and O–H groups in total. The smallest absolute Gasteiger partial charge is 0.255 e. The fourth-order valence-electron chi connectivity index (χ4n) is 3.00. The van der Waals surface area contributed by atoms with E-state index in [4.69, 9.17) is 0 Å². The highest BCUT2D eigenvalue weighted by Gasteiger charge is 2.31. The lowest BCUT2D eigenvalue weighted by atomic mass is 10.1. The van der Waals surface area contributed by atoms with Gasteiger partial charge in [-0.3, -0.25) is 4.79 Å². The van der Waals surface area contributed by atoms with Crippen LogP contribution in [0.3, 0.4) is 0 Å². The number of sulfone groups is 1. The Morgan fingerprint density at radius 3 is 2.62 bits per heavy atom. The zero-order valence-electron chi connectivity index (χ0n) is 14.8. The summed E-state index contributed by atoms with van der Waals surface area (Å²) in [6, 6.07) is 10.3. The second-order valence-corrected chi connectivity index (χ2v) is 9.08. The normalized spacial score (nSPS) is 15.5. The third kappa shape index (κ3) is 4.30. The lowest BCUT2D eigenvalue weighted by molar-refractivity contribution is 0.102. The number of aryl methyl sites for hydroxylation is 1. The van der Waals surface area contributed by atoms with Crippen LogP contribution in [-0.2, 0) is 9.84 Å². The van der Waals surface area contributed by atoms with Crippen molar-refractivity contribution in [2.24, 2.45) is 11.8 Å². The van der Waals surface area contributed by atoms with E-state index in [2.05, 4.69) is 5.32 Å². The lowest BCUT2D eigenvalue weighted by Crippen LogP contribution is -2.17. The summed E-state index contributed by atoms with van der Waals surface area (Å²) in [6.45, 7) is 3.57. The van der Waals surface area contributed by atoms with E-state index in [9.17, 15) is 17.6 Å². The van der Waals surface area contributed by atoms with Gasteiger partial charge in [0.1, 0.15) is 5.82 Å². The molecule has 2 aromatic carbocycles. The number of rotatable bonds is 6. The van der Waals surface area contributed by atoms with E-state index in [1.54, 1.807) is 19.1 Å². The summed E-state index contributed by atoms with van der Waals surface area (Å²) in [6.07, 6.45) is 2.19. The van der Waals surface area contributed by atoms with Crippen LogP contribution in [0.2, 0.25) is 0 Å². The molecule has 0 bridgehead atoms. The van der Waals surface area contributed by atoms with Gasteiger partial charge >= 0.3 is 0 Å². The van der Waals surface area contributed by atoms with Gasteiger partial charge in [-0.2, -0.15) is 0 Å². The van der Waals surface area contributed by atoms with Crippen molar-refractivity contribution in [2.75, 3.05) is 11.1 Å². The first-order valence-corrected chi connectivity index (χ1v) is 10.3. The van der Waals surface area contributed by atoms with Crippen LogP contribution < -0.4 is 5.32 Å². The molecule has 2 aromatic rings. The molecule has 4 nitrogen and oxygen atoms in total. The summed E-state index contributed by atoms with van der Waals surface area (Å²) in [5, 5.41) is 2.67. The molecule has 138 valence electrons. The van der Waals surface area contributed by atoms with Gasteiger partial charge in [0.2, 0.25) is 0 Å². The third-order valence-corrected chi connectivity index (χ3v) is 6.72. The van der Waals surface area contributed by atoms with Crippen molar-refractivity contribution in [3.63, 3.8) is 0 Å². The predicted molar refractivity (Wildman–Crippen MR) is 99.5 cm³/mol. The number of amides is 1. The van der Waals surface area contributed by atoms with Crippen LogP contribution in [0.5, 0.6) is 0 Å². The van der Waals surface area contributed by atoms with Crippen LogP contribution in [0.25, 0.3) is 0 Å². The van der Waals surface area contributed by atoms with Gasteiger partial charge in [-0.15, -0.1) is 0 Å². The Morgan fingerprint density at radius 1 is 1.23 bits per heavy atom. The van der Waals surface area contributed by atoms with Crippen LogP contribution in [0.4, 0.5) is 10.1 Å². The Morgan fingerprint density at radius 2 is 1.96 bits per heavy atom. The second kappa shape index (κ2) is 7.19. The van der Waals surface area contributed by atoms with Crippen LogP contribution in [0, 0.1) is 24.6 Å². The number of hydrogen-bond acceptors (Lipinski definition) is 3. The zero-order chi connectivity index (χ0) is 18.9. The average molecular weight is 375 g/mol. The van der Waals surface area contributed by atoms with E-state index in [1.165, 1.54) is 30.3 Å². The van der Waals surface area contributed by atoms with Crippen molar-refractivity contribution >= 4 is 21.4 Å². The molecule has 0 aromatic heterocycles. The molecule has 1 saturated carbocycles. The maximum Gasteiger partial charge on any atom is 0.255 e. The third-order valence-electron chi connectivity index (χ3n) is 4.78. The van der Waals surface area contributed by atoms with Gasteiger partial charge in [0.25, 0.3) is 5.91 Å². The van der Waals surface area contributed by atoms with Crippen LogP contribution in [-0.4, -0.2) is 20.1 Å². The maximum absolute atomic E-state index is 13.3. The summed E-state index contributed by atoms with van der Waals surface area (Å²) >= 11 is 0. The van der Waals surface area contributed by atoms with Gasteiger partial charge < -0.3 is 5.32 Å². The molecule has 0 heterocycles. The first-order chi connectivity index (χ1) is 12.3. The Balaban J connectivity index is 1.77. The number of carbonyl (C=O) groups is 1. The van der Waals surface area contributed by atoms with E-state index >= 15 is 0 Å². The van der Waals surface area contributed by atoms with Crippen molar-refractivity contribution in [3.05, 3.63) is 59.4 Å². The number of benzene rings is 2. The summed E-state index contributed by atoms with van der Waals surface area (Å²) in [4.78, 5) is 12.6. The van der Waals surface area contributed by atoms with Crippen LogP contribution in [0.15, 0.2) is 47.4 Å². The molecule has 1 atom stereocenters. The van der Waals surface area contributed by atoms with Crippen molar-refractivity contribution in [1.82, 2.24) is 0 Å². The van der Waals surface area contributed by atoms with Gasteiger partial charge in [0.05, 0.1) is 10.6 Å². The van der Waals surface area contributed by atoms with Crippen LogP contribution in [0.1, 0.15) is 35.7 Å². The zero-order valence-corrected chi connectivity index (χ0v) is 15.6. The van der Waals surface area contributed by atoms with E-state index < -0.39 is 15.7 Å². The minimum atomic E-state index is -3.44. The van der Waals surface area contributed by atoms with Gasteiger partial charge in [-0.05, 0) is 73.6 Å². The fourth-order valence-corrected chi connectivity index (χ4v) is 4.75. The first-order valence-electron chi connectivity index (χ1n) is 8.66. The average Bonchev–Trinajstić information content (AvgIpc) is 3.43. The molecule has 0 saturated heterocycles. The topological polar surface area (TPSA) is 63.2 Å². The summed E-state index contributed by atoms with van der Waals surface area (Å²) < 4.78 is 38.6. The Bertz CT molecular complexity index is 936. The summed E-state index contributed by atoms with van der Waals surface area (Å²) in [5.41, 5.74) is 1.14. The molecular weight excluding hydrogens is 353 g/mol. The number of carbonyl (C=O) groups excluding carboxylic acids is 1. The standard InChI is InChI=1S/C20H22FNO3S/c1-13-10-17(8-9-19(13)21)22-20(23)16-4-3-5-18(11-16)26(24,25)12-14(2)15-6-7-15/h3-5,8-11,14-15H,6-7,12H2,1-2H3,(H,22,23)/t14-/m1/s1. The van der Waals surface area contributed by atoms with Gasteiger partial charge in [-0.25, -0.2) is 12.8 Å². The Hall–Kier alpha value is -2.21. The highest BCUT2D eigenvalue weighted by atomic mass is 32.2. The van der Waals surface area contributed by atoms with E-state index in [0.717, 1.165) is 12.8 Å². The summed E-state index contributed by atoms with van der Waals surface area (Å²) in [5.74, 6) is -0.0540. The molecule has 0 spiro atoms. The van der Waals surface area contributed by atoms with Crippen molar-refractivity contribution < 1.29 is 17.6 Å². The highest BCUT2D eigenvalue weighted by Crippen LogP contribution is 2.37. The number of hydrogen-bond donors (Lipinski definition) is 1. The molecule has 1 fully saturated rings. The quantitative estimate of drug-likeness (QED) is 0.823. The van der Waals surface area contributed by atoms with E-state index in [-0.39, 0.29) is 27.9 Å². The first kappa shape index (κ1) is 18.6. The van der Waals surface area contributed by atoms with E-state index in [1.807, 2.05) is 6.92 Å². The SMILES string of the molecule is Cc1cc(NC(=O)c2cccc(S(=O)(=O)C[C@@H](C)C3CC3)c2)ccc1F. The second-order valence-electron chi connectivity index (χ2n) is 7.04. The van der Waals surface area contributed by atoms with Crippen molar-refractivity contribution in [1.29, 1.82) is 0 Å². The Labute approximate surface area is 153 Å². The highest BCUT2D eigenvalue weighted by molar-refractivity contribution is 7.91. The molecular formula is C20H22FNO3S. The maximum atomic E-state index is 13.3. The molecule has 1 aliphatic carbocycles. The number of halogens is 1. The number of anilines is 1. The summed E-state index contributed by atoms with van der Waals surface area (Å²) in [7, 11) is -3.44. The predicted octanol–water partition coefficient (Wildman–Crippen LogP) is 4.21. The molecule has 6 heteroatoms. The van der Waals surface area contributed by atoms with E-state index in [0.29, 0.717) is 17.2 Å². The Kier molecular flexibility index (Phi) is 5.14. The largest absolute Gasteiger partial charge is 0.322 e. The minimum absolute atomic E-state index is 0.0971. The van der Waals surface area contributed by atoms with Crippen molar-refractivity contribution in [3.8, 4) is 0 Å². The fraction of sp³-hybridized carbons (Fsp3) is 0.350. The number of nitrogens with one attached hydrogen (secondary N) is 1. The molecule has 0 unspecified atom stereocenters. The minimum Gasteiger partial charge on any atom is -0.322 e. The molecule has 0 radical (unpaired) electrons. The van der Waals surface area contributed by atoms with Gasteiger partial charge in [0, 0.05) is 11.3 Å². The van der Waals surface area contributed by atoms with Gasteiger partial charge in [-0.1, -0.05) is 13.0 Å². The molecule has 1 amide bonds. The molecule has 0 aliphatic heterocycles. The van der Waals surface area contributed by atoms with Crippen molar-refractivity contribution in [2.45, 2.75) is 31.6 Å². The molecule has 3 rings (SSSR count). The molecule has 26 heavy (non-hydrogen) atoms. The monoisotopic (exact) mass is 375 g/mol. The van der Waals surface area contributed by atoms with Gasteiger partial charge in [0.15, 0.2) is 9.84 Å². The van der Waals surface area contributed by atoms with Crippen LogP contribution >= 0.6 is 0 Å². The molecule has 1 aliphatic rings. The lowest BCUT2D eigenvalue weighted by Gasteiger charge is -2.12.